The summed E-state index contributed by atoms with van der Waals surface area (Å²) in [7, 11) is 0. The number of primary amides is 1. The Kier molecular flexibility index (Phi) is 11.6. The number of likely N-dealkylation sites (tertiary alicyclic amines) is 1. The largest absolute Gasteiger partial charge is 0.445 e. The summed E-state index contributed by atoms with van der Waals surface area (Å²) in [6.45, 7) is 5.70. The Morgan fingerprint density at radius 1 is 0.977 bits per heavy atom. The molecule has 232 valence electrons. The maximum Gasteiger partial charge on any atom is 0.408 e. The molecule has 12 heteroatoms. The molecule has 0 spiro atoms. The summed E-state index contributed by atoms with van der Waals surface area (Å²) in [5, 5.41) is 19.1. The summed E-state index contributed by atoms with van der Waals surface area (Å²) in [5.74, 6) is -2.74. The van der Waals surface area contributed by atoms with E-state index in [0.29, 0.717) is 18.4 Å². The molecular formula is C31H41N5O7. The second-order valence-corrected chi connectivity index (χ2v) is 11.6. The molecule has 43 heavy (non-hydrogen) atoms. The molecule has 1 fully saturated rings. The monoisotopic (exact) mass is 595 g/mol. The standard InChI is InChI=1S/C31H41N5O7/c1-31(2,3)35-28(40)24-15-10-16-36(24)29(41)26(38)22(17-20-11-6-4-7-12-20)33-27(39)23(18-25(32)37)34-30(42)43-19-21-13-8-5-9-14-21/h4-9,11-14,22-24,26,38H,10,15-19H2,1-3H3,(H2,32,37)(H,33,39)(H,34,42)(H,35,40). The Balaban J connectivity index is 1.76. The molecule has 1 aliphatic heterocycles. The summed E-state index contributed by atoms with van der Waals surface area (Å²) in [6, 6.07) is 14.4. The predicted octanol–water partition coefficient (Wildman–Crippen LogP) is 1.15. The van der Waals surface area contributed by atoms with Gasteiger partial charge in [0.25, 0.3) is 5.91 Å². The van der Waals surface area contributed by atoms with Crippen LogP contribution in [0.2, 0.25) is 0 Å². The highest BCUT2D eigenvalue weighted by Gasteiger charge is 2.40. The first-order chi connectivity index (χ1) is 20.3. The van der Waals surface area contributed by atoms with E-state index in [1.54, 1.807) is 54.6 Å². The molecule has 1 saturated heterocycles. The number of aliphatic hydroxyl groups excluding tert-OH is 1. The number of nitrogens with zero attached hydrogens (tertiary/aromatic N) is 1. The zero-order chi connectivity index (χ0) is 31.6. The van der Waals surface area contributed by atoms with Crippen LogP contribution < -0.4 is 21.7 Å². The van der Waals surface area contributed by atoms with Crippen LogP contribution in [0.25, 0.3) is 0 Å². The SMILES string of the molecule is CC(C)(C)NC(=O)C1CCCN1C(=O)C(O)C(Cc1ccccc1)NC(=O)C(CC(N)=O)NC(=O)OCc1ccccc1. The smallest absolute Gasteiger partial charge is 0.408 e. The zero-order valence-electron chi connectivity index (χ0n) is 24.7. The molecule has 6 N–H and O–H groups in total. The highest BCUT2D eigenvalue weighted by Crippen LogP contribution is 2.21. The number of rotatable bonds is 12. The number of benzene rings is 2. The first kappa shape index (κ1) is 33.1. The van der Waals surface area contributed by atoms with Gasteiger partial charge in [0.15, 0.2) is 6.10 Å². The van der Waals surface area contributed by atoms with Crippen molar-refractivity contribution in [2.45, 2.75) is 82.8 Å². The van der Waals surface area contributed by atoms with Crippen molar-refractivity contribution in [1.29, 1.82) is 0 Å². The van der Waals surface area contributed by atoms with Gasteiger partial charge in [-0.05, 0) is 51.2 Å². The second-order valence-electron chi connectivity index (χ2n) is 11.6. The third-order valence-corrected chi connectivity index (χ3v) is 6.82. The molecule has 0 bridgehead atoms. The summed E-state index contributed by atoms with van der Waals surface area (Å²) in [5.41, 5.74) is 6.26. The average Bonchev–Trinajstić information content (AvgIpc) is 3.45. The number of nitrogens with one attached hydrogen (secondary N) is 3. The number of hydrogen-bond acceptors (Lipinski definition) is 7. The molecular weight excluding hydrogens is 554 g/mol. The van der Waals surface area contributed by atoms with Crippen molar-refractivity contribution in [2.75, 3.05) is 6.54 Å². The number of ether oxygens (including phenoxy) is 1. The van der Waals surface area contributed by atoms with Gasteiger partial charge in [-0.1, -0.05) is 60.7 Å². The third-order valence-electron chi connectivity index (χ3n) is 6.82. The van der Waals surface area contributed by atoms with Crippen LogP contribution in [0.3, 0.4) is 0 Å². The van der Waals surface area contributed by atoms with Crippen LogP contribution in [-0.4, -0.2) is 76.0 Å². The maximum absolute atomic E-state index is 13.6. The fourth-order valence-corrected chi connectivity index (χ4v) is 4.81. The third kappa shape index (κ3) is 10.4. The lowest BCUT2D eigenvalue weighted by molar-refractivity contribution is -0.147. The van der Waals surface area contributed by atoms with Crippen LogP contribution in [0.4, 0.5) is 4.79 Å². The van der Waals surface area contributed by atoms with E-state index in [0.717, 1.165) is 5.56 Å². The molecule has 0 saturated carbocycles. The highest BCUT2D eigenvalue weighted by molar-refractivity contribution is 5.93. The molecule has 1 aliphatic rings. The molecule has 3 rings (SSSR count). The quantitative estimate of drug-likeness (QED) is 0.244. The molecule has 2 aromatic rings. The zero-order valence-corrected chi connectivity index (χ0v) is 24.7. The topological polar surface area (TPSA) is 180 Å². The molecule has 4 atom stereocenters. The number of carbonyl (C=O) groups excluding carboxylic acids is 5. The molecule has 5 amide bonds. The van der Waals surface area contributed by atoms with Crippen molar-refractivity contribution in [3.05, 3.63) is 71.8 Å². The van der Waals surface area contributed by atoms with Gasteiger partial charge in [-0.25, -0.2) is 4.79 Å². The van der Waals surface area contributed by atoms with Crippen LogP contribution in [0.5, 0.6) is 0 Å². The number of carbonyl (C=O) groups is 5. The summed E-state index contributed by atoms with van der Waals surface area (Å²) in [4.78, 5) is 65.5. The summed E-state index contributed by atoms with van der Waals surface area (Å²) < 4.78 is 5.18. The van der Waals surface area contributed by atoms with Gasteiger partial charge in [0.1, 0.15) is 18.7 Å². The summed E-state index contributed by atoms with van der Waals surface area (Å²) >= 11 is 0. The van der Waals surface area contributed by atoms with Gasteiger partial charge in [0.05, 0.1) is 12.5 Å². The van der Waals surface area contributed by atoms with E-state index in [4.69, 9.17) is 10.5 Å². The van der Waals surface area contributed by atoms with Gasteiger partial charge in [-0.2, -0.15) is 0 Å². The lowest BCUT2D eigenvalue weighted by Gasteiger charge is -2.32. The van der Waals surface area contributed by atoms with Crippen LogP contribution in [0.15, 0.2) is 60.7 Å². The minimum atomic E-state index is -1.73. The van der Waals surface area contributed by atoms with Crippen molar-refractivity contribution in [3.8, 4) is 0 Å². The Labute approximate surface area is 251 Å². The van der Waals surface area contributed by atoms with Gasteiger partial charge in [0.2, 0.25) is 17.7 Å². The number of hydrogen-bond donors (Lipinski definition) is 5. The first-order valence-corrected chi connectivity index (χ1v) is 14.2. The lowest BCUT2D eigenvalue weighted by atomic mass is 9.99. The van der Waals surface area contributed by atoms with Crippen molar-refractivity contribution in [1.82, 2.24) is 20.9 Å². The van der Waals surface area contributed by atoms with Crippen molar-refractivity contribution >= 4 is 29.7 Å². The molecule has 0 aliphatic carbocycles. The van der Waals surface area contributed by atoms with Gasteiger partial charge in [-0.15, -0.1) is 0 Å². The lowest BCUT2D eigenvalue weighted by Crippen LogP contribution is -2.59. The minimum Gasteiger partial charge on any atom is -0.445 e. The van der Waals surface area contributed by atoms with E-state index >= 15 is 0 Å². The van der Waals surface area contributed by atoms with Gasteiger partial charge in [-0.3, -0.25) is 19.2 Å². The second kappa shape index (κ2) is 15.1. The van der Waals surface area contributed by atoms with Crippen molar-refractivity contribution < 1.29 is 33.8 Å². The fraction of sp³-hybridized carbons (Fsp3) is 0.452. The Bertz CT molecular complexity index is 1270. The van der Waals surface area contributed by atoms with Crippen molar-refractivity contribution in [2.24, 2.45) is 5.73 Å². The first-order valence-electron chi connectivity index (χ1n) is 14.2. The Morgan fingerprint density at radius 2 is 1.58 bits per heavy atom. The van der Waals surface area contributed by atoms with E-state index in [-0.39, 0.29) is 25.5 Å². The maximum atomic E-state index is 13.6. The van der Waals surface area contributed by atoms with E-state index in [2.05, 4.69) is 16.0 Å². The Morgan fingerprint density at radius 3 is 2.16 bits per heavy atom. The van der Waals surface area contributed by atoms with Crippen LogP contribution >= 0.6 is 0 Å². The van der Waals surface area contributed by atoms with Gasteiger partial charge >= 0.3 is 6.09 Å². The van der Waals surface area contributed by atoms with E-state index < -0.39 is 60.0 Å². The van der Waals surface area contributed by atoms with E-state index in [1.807, 2.05) is 26.8 Å². The molecule has 4 unspecified atom stereocenters. The van der Waals surface area contributed by atoms with Gasteiger partial charge in [0, 0.05) is 12.1 Å². The number of nitrogens with two attached hydrogens (primary N) is 1. The van der Waals surface area contributed by atoms with Crippen LogP contribution in [-0.2, 0) is 36.9 Å². The summed E-state index contributed by atoms with van der Waals surface area (Å²) in [6.07, 6.45) is -2.17. The minimum absolute atomic E-state index is 0.0495. The normalized spacial score (nSPS) is 16.8. The van der Waals surface area contributed by atoms with Gasteiger partial charge < -0.3 is 36.4 Å². The molecule has 0 radical (unpaired) electrons. The van der Waals surface area contributed by atoms with Crippen LogP contribution in [0.1, 0.15) is 51.2 Å². The molecule has 0 aromatic heterocycles. The highest BCUT2D eigenvalue weighted by atomic mass is 16.5. The molecule has 12 nitrogen and oxygen atoms in total. The fourth-order valence-electron chi connectivity index (χ4n) is 4.81. The number of aliphatic hydroxyl groups is 1. The number of amides is 5. The predicted molar refractivity (Wildman–Crippen MR) is 158 cm³/mol. The molecule has 2 aromatic carbocycles. The van der Waals surface area contributed by atoms with Crippen LogP contribution in [0, 0.1) is 0 Å². The Hall–Kier alpha value is -4.45. The number of alkyl carbamates (subject to hydrolysis) is 1. The average molecular weight is 596 g/mol. The molecule has 1 heterocycles. The van der Waals surface area contributed by atoms with Crippen molar-refractivity contribution in [3.63, 3.8) is 0 Å². The van der Waals surface area contributed by atoms with E-state index in [1.165, 1.54) is 4.90 Å². The van der Waals surface area contributed by atoms with E-state index in [9.17, 15) is 29.1 Å².